The standard InChI is InChI=1S/C14H18O2/c1-4-5-6-10-13(15)14(16)11-8-7-9-12(2)3/h4,9,13-16H,1,5,7H2,2-3H3. The minimum atomic E-state index is -1.11. The van der Waals surface area contributed by atoms with E-state index in [0.717, 1.165) is 0 Å². The van der Waals surface area contributed by atoms with Gasteiger partial charge < -0.3 is 10.2 Å². The van der Waals surface area contributed by atoms with Crippen molar-refractivity contribution >= 4 is 0 Å². The maximum Gasteiger partial charge on any atom is 0.151 e. The van der Waals surface area contributed by atoms with E-state index in [0.29, 0.717) is 12.8 Å². The molecule has 0 radical (unpaired) electrons. The SMILES string of the molecule is C=CCC#CC(O)C(O)C#CCC=C(C)C. The van der Waals surface area contributed by atoms with Gasteiger partial charge >= 0.3 is 0 Å². The van der Waals surface area contributed by atoms with Gasteiger partial charge in [-0.05, 0) is 13.8 Å². The first-order valence-corrected chi connectivity index (χ1v) is 5.15. The summed E-state index contributed by atoms with van der Waals surface area (Å²) in [6.07, 6.45) is 2.44. The number of allylic oxidation sites excluding steroid dienone is 3. The number of aliphatic hydroxyl groups is 2. The van der Waals surface area contributed by atoms with Gasteiger partial charge in [0, 0.05) is 12.8 Å². The number of hydrogen-bond donors (Lipinski definition) is 2. The number of rotatable bonds is 3. The summed E-state index contributed by atoms with van der Waals surface area (Å²) in [5, 5.41) is 18.8. The van der Waals surface area contributed by atoms with E-state index >= 15 is 0 Å². The lowest BCUT2D eigenvalue weighted by Crippen LogP contribution is -2.22. The second kappa shape index (κ2) is 8.80. The Morgan fingerprint density at radius 1 is 1.12 bits per heavy atom. The summed E-state index contributed by atoms with van der Waals surface area (Å²) in [5.41, 5.74) is 1.18. The van der Waals surface area contributed by atoms with E-state index in [1.165, 1.54) is 5.57 Å². The van der Waals surface area contributed by atoms with Gasteiger partial charge in [-0.1, -0.05) is 41.4 Å². The van der Waals surface area contributed by atoms with Crippen LogP contribution in [0.5, 0.6) is 0 Å². The summed E-state index contributed by atoms with van der Waals surface area (Å²) in [6, 6.07) is 0. The van der Waals surface area contributed by atoms with Crippen molar-refractivity contribution in [3.63, 3.8) is 0 Å². The van der Waals surface area contributed by atoms with Crippen LogP contribution in [0.2, 0.25) is 0 Å². The molecule has 0 aliphatic carbocycles. The molecular weight excluding hydrogens is 200 g/mol. The highest BCUT2D eigenvalue weighted by molar-refractivity contribution is 5.18. The lowest BCUT2D eigenvalue weighted by Gasteiger charge is -2.04. The van der Waals surface area contributed by atoms with Crippen LogP contribution in [-0.2, 0) is 0 Å². The van der Waals surface area contributed by atoms with E-state index in [-0.39, 0.29) is 0 Å². The van der Waals surface area contributed by atoms with Crippen LogP contribution in [0, 0.1) is 23.7 Å². The van der Waals surface area contributed by atoms with E-state index in [1.807, 2.05) is 19.9 Å². The Kier molecular flexibility index (Phi) is 7.98. The molecule has 0 rings (SSSR count). The van der Waals surface area contributed by atoms with Crippen LogP contribution in [-0.4, -0.2) is 22.4 Å². The van der Waals surface area contributed by atoms with Crippen molar-refractivity contribution in [3.05, 3.63) is 24.3 Å². The van der Waals surface area contributed by atoms with Gasteiger partial charge in [-0.15, -0.1) is 6.58 Å². The van der Waals surface area contributed by atoms with Crippen LogP contribution in [0.25, 0.3) is 0 Å². The molecule has 2 atom stereocenters. The maximum atomic E-state index is 9.41. The third-order valence-electron chi connectivity index (χ3n) is 1.66. The molecule has 0 saturated carbocycles. The Balaban J connectivity index is 4.15. The number of hydrogen-bond acceptors (Lipinski definition) is 2. The summed E-state index contributed by atoms with van der Waals surface area (Å²) in [5.74, 6) is 10.5. The Morgan fingerprint density at radius 3 is 2.06 bits per heavy atom. The highest BCUT2D eigenvalue weighted by Gasteiger charge is 2.08. The third kappa shape index (κ3) is 7.88. The molecule has 0 amide bonds. The smallest absolute Gasteiger partial charge is 0.151 e. The zero-order valence-electron chi connectivity index (χ0n) is 9.83. The second-order valence-corrected chi connectivity index (χ2v) is 3.51. The fraction of sp³-hybridized carbons (Fsp3) is 0.429. The molecule has 0 heterocycles. The summed E-state index contributed by atoms with van der Waals surface area (Å²) in [6.45, 7) is 7.46. The molecular formula is C14H18O2. The highest BCUT2D eigenvalue weighted by atomic mass is 16.3. The predicted octanol–water partition coefficient (Wildman–Crippen LogP) is 1.65. The molecule has 2 nitrogen and oxygen atoms in total. The van der Waals surface area contributed by atoms with Crippen LogP contribution >= 0.6 is 0 Å². The molecule has 0 aromatic heterocycles. The van der Waals surface area contributed by atoms with Crippen molar-refractivity contribution < 1.29 is 10.2 Å². The first-order chi connectivity index (χ1) is 7.57. The van der Waals surface area contributed by atoms with Crippen molar-refractivity contribution in [3.8, 4) is 23.7 Å². The molecule has 0 bridgehead atoms. The van der Waals surface area contributed by atoms with Crippen LogP contribution < -0.4 is 0 Å². The maximum absolute atomic E-state index is 9.41. The van der Waals surface area contributed by atoms with Crippen molar-refractivity contribution in [2.75, 3.05) is 0 Å². The summed E-state index contributed by atoms with van der Waals surface area (Å²) in [4.78, 5) is 0. The van der Waals surface area contributed by atoms with E-state index in [9.17, 15) is 10.2 Å². The lowest BCUT2D eigenvalue weighted by molar-refractivity contribution is 0.0931. The zero-order chi connectivity index (χ0) is 12.4. The monoisotopic (exact) mass is 218 g/mol. The average Bonchev–Trinajstić information content (AvgIpc) is 2.24. The Labute approximate surface area is 97.7 Å². The molecule has 2 unspecified atom stereocenters. The molecule has 0 aliphatic heterocycles. The molecule has 16 heavy (non-hydrogen) atoms. The van der Waals surface area contributed by atoms with Crippen LogP contribution in [0.1, 0.15) is 26.7 Å². The Morgan fingerprint density at radius 2 is 1.62 bits per heavy atom. The third-order valence-corrected chi connectivity index (χ3v) is 1.66. The summed E-state index contributed by atoms with van der Waals surface area (Å²) >= 11 is 0. The van der Waals surface area contributed by atoms with Gasteiger partial charge in [-0.2, -0.15) is 0 Å². The fourth-order valence-corrected chi connectivity index (χ4v) is 0.812. The zero-order valence-corrected chi connectivity index (χ0v) is 9.83. The largest absolute Gasteiger partial charge is 0.377 e. The van der Waals surface area contributed by atoms with Crippen LogP contribution in [0.15, 0.2) is 24.3 Å². The van der Waals surface area contributed by atoms with E-state index in [2.05, 4.69) is 30.3 Å². The van der Waals surface area contributed by atoms with E-state index < -0.39 is 12.2 Å². The minimum absolute atomic E-state index is 0.495. The first-order valence-electron chi connectivity index (χ1n) is 5.15. The van der Waals surface area contributed by atoms with Crippen LogP contribution in [0.3, 0.4) is 0 Å². The summed E-state index contributed by atoms with van der Waals surface area (Å²) in [7, 11) is 0. The normalized spacial score (nSPS) is 12.2. The molecule has 0 aromatic rings. The quantitative estimate of drug-likeness (QED) is 0.558. The molecule has 86 valence electrons. The van der Waals surface area contributed by atoms with Crippen molar-refractivity contribution in [1.82, 2.24) is 0 Å². The minimum Gasteiger partial charge on any atom is -0.377 e. The number of aliphatic hydroxyl groups excluding tert-OH is 2. The Bertz CT molecular complexity index is 354. The average molecular weight is 218 g/mol. The molecule has 0 fully saturated rings. The van der Waals surface area contributed by atoms with Crippen LogP contribution in [0.4, 0.5) is 0 Å². The Hall–Kier alpha value is -1.48. The second-order valence-electron chi connectivity index (χ2n) is 3.51. The molecule has 2 N–H and O–H groups in total. The fourth-order valence-electron chi connectivity index (χ4n) is 0.812. The molecule has 2 heteroatoms. The van der Waals surface area contributed by atoms with Crippen molar-refractivity contribution in [2.45, 2.75) is 38.9 Å². The van der Waals surface area contributed by atoms with Crippen molar-refractivity contribution in [1.29, 1.82) is 0 Å². The van der Waals surface area contributed by atoms with Gasteiger partial charge in [0.05, 0.1) is 0 Å². The molecule has 0 aliphatic rings. The molecule has 0 saturated heterocycles. The lowest BCUT2D eigenvalue weighted by atomic mass is 10.2. The van der Waals surface area contributed by atoms with Gasteiger partial charge in [0.25, 0.3) is 0 Å². The van der Waals surface area contributed by atoms with Gasteiger partial charge in [0.15, 0.2) is 12.2 Å². The highest BCUT2D eigenvalue weighted by Crippen LogP contribution is 1.93. The van der Waals surface area contributed by atoms with Crippen molar-refractivity contribution in [2.24, 2.45) is 0 Å². The first kappa shape index (κ1) is 14.5. The van der Waals surface area contributed by atoms with E-state index in [1.54, 1.807) is 6.08 Å². The summed E-state index contributed by atoms with van der Waals surface area (Å²) < 4.78 is 0. The predicted molar refractivity (Wildman–Crippen MR) is 66.4 cm³/mol. The van der Waals surface area contributed by atoms with Gasteiger partial charge in [-0.25, -0.2) is 0 Å². The topological polar surface area (TPSA) is 40.5 Å². The van der Waals surface area contributed by atoms with Gasteiger partial charge in [-0.3, -0.25) is 0 Å². The van der Waals surface area contributed by atoms with E-state index in [4.69, 9.17) is 0 Å². The molecule has 0 spiro atoms. The van der Waals surface area contributed by atoms with Gasteiger partial charge in [0.2, 0.25) is 0 Å². The van der Waals surface area contributed by atoms with Gasteiger partial charge in [0.1, 0.15) is 0 Å². The molecule has 0 aromatic carbocycles.